The average molecular weight is 182 g/mol. The highest BCUT2D eigenvalue weighted by atomic mass is 19.1. The summed E-state index contributed by atoms with van der Waals surface area (Å²) in [5.74, 6) is 0. The summed E-state index contributed by atoms with van der Waals surface area (Å²) in [6, 6.07) is 0. The molecule has 0 bridgehead atoms. The lowest BCUT2D eigenvalue weighted by molar-refractivity contribution is 0.137. The van der Waals surface area contributed by atoms with E-state index in [-0.39, 0.29) is 13.3 Å². The highest BCUT2D eigenvalue weighted by Crippen LogP contribution is 1.87. The topological polar surface area (TPSA) is 57.5 Å². The summed E-state index contributed by atoms with van der Waals surface area (Å²) in [5.41, 5.74) is 0. The van der Waals surface area contributed by atoms with Gasteiger partial charge in [-0.05, 0) is 12.8 Å². The van der Waals surface area contributed by atoms with Crippen LogP contribution in [-0.2, 0) is 0 Å². The SMILES string of the molecule is FCCC=CCCF.O=C(O)O. The molecule has 0 radical (unpaired) electrons. The van der Waals surface area contributed by atoms with Gasteiger partial charge >= 0.3 is 6.16 Å². The molecule has 3 nitrogen and oxygen atoms in total. The number of carbonyl (C=O) groups is 1. The number of allylic oxidation sites excluding steroid dienone is 2. The molecule has 0 aliphatic rings. The summed E-state index contributed by atoms with van der Waals surface area (Å²) in [6.45, 7) is -0.689. The standard InChI is InChI=1S/C6H10F2.CH2O3/c7-5-3-1-2-4-6-8;2-1(3)4/h1-2H,3-6H2;(H2,2,3,4). The second-order valence-electron chi connectivity index (χ2n) is 1.71. The highest BCUT2D eigenvalue weighted by Gasteiger charge is 1.75. The minimum atomic E-state index is -1.83. The predicted octanol–water partition coefficient (Wildman–Crippen LogP) is 2.48. The van der Waals surface area contributed by atoms with Crippen molar-refractivity contribution in [3.8, 4) is 0 Å². The smallest absolute Gasteiger partial charge is 0.450 e. The Hall–Kier alpha value is -1.13. The first kappa shape index (κ1) is 13.5. The molecular weight excluding hydrogens is 170 g/mol. The number of rotatable bonds is 4. The zero-order chi connectivity index (χ0) is 9.82. The van der Waals surface area contributed by atoms with Crippen LogP contribution in [0.15, 0.2) is 12.2 Å². The second kappa shape index (κ2) is 12.5. The Morgan fingerprint density at radius 1 is 1.08 bits per heavy atom. The molecule has 0 amide bonds. The van der Waals surface area contributed by atoms with Crippen molar-refractivity contribution >= 4 is 6.16 Å². The van der Waals surface area contributed by atoms with E-state index in [4.69, 9.17) is 15.0 Å². The molecule has 5 heteroatoms. The Morgan fingerprint density at radius 2 is 1.33 bits per heavy atom. The van der Waals surface area contributed by atoms with Gasteiger partial charge in [0.25, 0.3) is 0 Å². The maximum Gasteiger partial charge on any atom is 0.503 e. The molecule has 0 unspecified atom stereocenters. The first-order valence-corrected chi connectivity index (χ1v) is 3.34. The molecule has 2 N–H and O–H groups in total. The second-order valence-corrected chi connectivity index (χ2v) is 1.71. The van der Waals surface area contributed by atoms with Crippen molar-refractivity contribution in [1.29, 1.82) is 0 Å². The lowest BCUT2D eigenvalue weighted by Gasteiger charge is -1.80. The molecule has 0 aromatic carbocycles. The summed E-state index contributed by atoms with van der Waals surface area (Å²) < 4.78 is 22.6. The van der Waals surface area contributed by atoms with E-state index < -0.39 is 6.16 Å². The lowest BCUT2D eigenvalue weighted by Crippen LogP contribution is -1.81. The summed E-state index contributed by atoms with van der Waals surface area (Å²) in [5, 5.41) is 13.9. The average Bonchev–Trinajstić information content (AvgIpc) is 1.97. The van der Waals surface area contributed by atoms with Crippen molar-refractivity contribution in [3.05, 3.63) is 12.2 Å². The van der Waals surface area contributed by atoms with E-state index in [9.17, 15) is 8.78 Å². The van der Waals surface area contributed by atoms with Crippen LogP contribution in [0.25, 0.3) is 0 Å². The molecular formula is C7H12F2O3. The van der Waals surface area contributed by atoms with E-state index in [1.165, 1.54) is 0 Å². The van der Waals surface area contributed by atoms with Gasteiger partial charge < -0.3 is 10.2 Å². The predicted molar refractivity (Wildman–Crippen MR) is 41.0 cm³/mol. The van der Waals surface area contributed by atoms with Crippen molar-refractivity contribution in [3.63, 3.8) is 0 Å². The van der Waals surface area contributed by atoms with Crippen LogP contribution in [0.2, 0.25) is 0 Å². The molecule has 0 aliphatic carbocycles. The summed E-state index contributed by atoms with van der Waals surface area (Å²) in [6.07, 6.45) is 2.30. The third kappa shape index (κ3) is 36.7. The van der Waals surface area contributed by atoms with Gasteiger partial charge in [-0.2, -0.15) is 0 Å². The van der Waals surface area contributed by atoms with E-state index in [2.05, 4.69) is 0 Å². The summed E-state index contributed by atoms with van der Waals surface area (Å²) in [7, 11) is 0. The molecule has 0 aliphatic heterocycles. The molecule has 0 saturated heterocycles. The van der Waals surface area contributed by atoms with Crippen LogP contribution in [-0.4, -0.2) is 29.7 Å². The van der Waals surface area contributed by atoms with Crippen molar-refractivity contribution < 1.29 is 23.8 Å². The van der Waals surface area contributed by atoms with Crippen LogP contribution in [0.5, 0.6) is 0 Å². The fraction of sp³-hybridized carbons (Fsp3) is 0.571. The maximum absolute atomic E-state index is 11.3. The van der Waals surface area contributed by atoms with Crippen LogP contribution in [0.4, 0.5) is 13.6 Å². The maximum atomic E-state index is 11.3. The third-order valence-electron chi connectivity index (χ3n) is 0.718. The van der Waals surface area contributed by atoms with Crippen molar-refractivity contribution in [2.24, 2.45) is 0 Å². The molecule has 12 heavy (non-hydrogen) atoms. The Bertz CT molecular complexity index is 114. The zero-order valence-corrected chi connectivity index (χ0v) is 6.54. The Balaban J connectivity index is 0. The lowest BCUT2D eigenvalue weighted by atomic mass is 10.3. The molecule has 0 heterocycles. The van der Waals surface area contributed by atoms with Gasteiger partial charge in [-0.3, -0.25) is 8.78 Å². The van der Waals surface area contributed by atoms with Crippen LogP contribution in [0.3, 0.4) is 0 Å². The number of halogens is 2. The molecule has 72 valence electrons. The van der Waals surface area contributed by atoms with Gasteiger partial charge in [0.1, 0.15) is 0 Å². The van der Waals surface area contributed by atoms with E-state index in [0.717, 1.165) is 0 Å². The van der Waals surface area contributed by atoms with Crippen LogP contribution in [0, 0.1) is 0 Å². The molecule has 0 saturated carbocycles. The molecule has 0 rings (SSSR count). The largest absolute Gasteiger partial charge is 0.503 e. The fourth-order valence-electron chi connectivity index (χ4n) is 0.362. The molecule has 0 fully saturated rings. The van der Waals surface area contributed by atoms with Crippen molar-refractivity contribution in [2.45, 2.75) is 12.8 Å². The molecule has 0 aromatic heterocycles. The van der Waals surface area contributed by atoms with Crippen LogP contribution < -0.4 is 0 Å². The van der Waals surface area contributed by atoms with Gasteiger partial charge in [0.15, 0.2) is 0 Å². The Morgan fingerprint density at radius 3 is 1.50 bits per heavy atom. The quantitative estimate of drug-likeness (QED) is 0.656. The summed E-state index contributed by atoms with van der Waals surface area (Å²) >= 11 is 0. The van der Waals surface area contributed by atoms with Crippen LogP contribution in [0.1, 0.15) is 12.8 Å². The van der Waals surface area contributed by atoms with Gasteiger partial charge in [0.2, 0.25) is 0 Å². The number of hydrogen-bond acceptors (Lipinski definition) is 1. The minimum absolute atomic E-state index is 0.344. The van der Waals surface area contributed by atoms with Crippen LogP contribution >= 0.6 is 0 Å². The Kier molecular flexibility index (Phi) is 14.1. The Labute approximate surface area is 69.3 Å². The van der Waals surface area contributed by atoms with Crippen molar-refractivity contribution in [2.75, 3.05) is 13.3 Å². The monoisotopic (exact) mass is 182 g/mol. The van der Waals surface area contributed by atoms with Gasteiger partial charge in [-0.15, -0.1) is 0 Å². The minimum Gasteiger partial charge on any atom is -0.450 e. The first-order chi connectivity index (χ1) is 5.65. The molecule has 0 atom stereocenters. The number of hydrogen-bond donors (Lipinski definition) is 2. The van der Waals surface area contributed by atoms with E-state index >= 15 is 0 Å². The van der Waals surface area contributed by atoms with Gasteiger partial charge in [0.05, 0.1) is 13.3 Å². The fourth-order valence-corrected chi connectivity index (χ4v) is 0.362. The van der Waals surface area contributed by atoms with E-state index in [0.29, 0.717) is 12.8 Å². The third-order valence-corrected chi connectivity index (χ3v) is 0.718. The van der Waals surface area contributed by atoms with Crippen molar-refractivity contribution in [1.82, 2.24) is 0 Å². The van der Waals surface area contributed by atoms with E-state index in [1.807, 2.05) is 0 Å². The number of carboxylic acid groups (broad SMARTS) is 2. The van der Waals surface area contributed by atoms with E-state index in [1.54, 1.807) is 12.2 Å². The molecule has 0 aromatic rings. The highest BCUT2D eigenvalue weighted by molar-refractivity contribution is 5.53. The van der Waals surface area contributed by atoms with Gasteiger partial charge in [0, 0.05) is 0 Å². The number of alkyl halides is 2. The first-order valence-electron chi connectivity index (χ1n) is 3.34. The zero-order valence-electron chi connectivity index (χ0n) is 6.54. The molecule has 0 spiro atoms. The summed E-state index contributed by atoms with van der Waals surface area (Å²) in [4.78, 5) is 8.56. The van der Waals surface area contributed by atoms with Gasteiger partial charge in [-0.25, -0.2) is 4.79 Å². The normalized spacial score (nSPS) is 9.17. The van der Waals surface area contributed by atoms with Gasteiger partial charge in [-0.1, -0.05) is 12.2 Å².